The summed E-state index contributed by atoms with van der Waals surface area (Å²) in [7, 11) is 0. The molecule has 0 bridgehead atoms. The van der Waals surface area contributed by atoms with E-state index in [-0.39, 0.29) is 0 Å². The topological polar surface area (TPSA) is 24.1 Å². The first-order valence-electron chi connectivity index (χ1n) is 5.54. The molecule has 0 aliphatic heterocycles. The number of benzene rings is 2. The van der Waals surface area contributed by atoms with Gasteiger partial charge in [0.15, 0.2) is 5.11 Å². The lowest BCUT2D eigenvalue weighted by atomic mass is 10.3. The van der Waals surface area contributed by atoms with E-state index in [1.165, 1.54) is 6.07 Å². The standard InChI is InChI=1S/C13H7Cl5N2S/c14-6-1-2-11(9(17)3-6)19-13(21)20-12-5-8(16)7(15)4-10(12)18/h1-5H,(H2,19,20,21). The Hall–Kier alpha value is -0.420. The fourth-order valence-corrected chi connectivity index (χ4v) is 2.75. The van der Waals surface area contributed by atoms with Crippen molar-refractivity contribution in [3.8, 4) is 0 Å². The Morgan fingerprint density at radius 1 is 0.714 bits per heavy atom. The highest BCUT2D eigenvalue weighted by Gasteiger charge is 2.09. The van der Waals surface area contributed by atoms with Crippen molar-refractivity contribution in [2.45, 2.75) is 0 Å². The maximum Gasteiger partial charge on any atom is 0.175 e. The lowest BCUT2D eigenvalue weighted by Crippen LogP contribution is -2.19. The maximum atomic E-state index is 6.06. The molecule has 0 atom stereocenters. The molecule has 0 heterocycles. The van der Waals surface area contributed by atoms with Crippen LogP contribution in [0.3, 0.4) is 0 Å². The molecule has 2 nitrogen and oxygen atoms in total. The first-order valence-corrected chi connectivity index (χ1v) is 7.84. The number of nitrogens with one attached hydrogen (secondary N) is 2. The van der Waals surface area contributed by atoms with E-state index >= 15 is 0 Å². The van der Waals surface area contributed by atoms with E-state index in [0.717, 1.165) is 0 Å². The number of rotatable bonds is 2. The van der Waals surface area contributed by atoms with Gasteiger partial charge in [0, 0.05) is 5.02 Å². The highest BCUT2D eigenvalue weighted by atomic mass is 35.5. The average molecular weight is 401 g/mol. The molecule has 2 rings (SSSR count). The number of hydrogen-bond acceptors (Lipinski definition) is 1. The molecule has 21 heavy (non-hydrogen) atoms. The zero-order valence-electron chi connectivity index (χ0n) is 10.2. The summed E-state index contributed by atoms with van der Waals surface area (Å²) in [4.78, 5) is 0. The minimum atomic E-state index is 0.305. The Morgan fingerprint density at radius 3 is 1.95 bits per heavy atom. The summed E-state index contributed by atoms with van der Waals surface area (Å²) < 4.78 is 0. The fourth-order valence-electron chi connectivity index (χ4n) is 1.49. The Labute approximate surface area is 152 Å². The predicted octanol–water partition coefficient (Wildman–Crippen LogP) is 6.76. The van der Waals surface area contributed by atoms with Crippen molar-refractivity contribution in [3.05, 3.63) is 55.4 Å². The van der Waals surface area contributed by atoms with Gasteiger partial charge in [0.25, 0.3) is 0 Å². The second-order valence-electron chi connectivity index (χ2n) is 3.95. The quantitative estimate of drug-likeness (QED) is 0.430. The summed E-state index contributed by atoms with van der Waals surface area (Å²) in [6.45, 7) is 0. The molecule has 2 aromatic carbocycles. The largest absolute Gasteiger partial charge is 0.331 e. The van der Waals surface area contributed by atoms with Gasteiger partial charge < -0.3 is 10.6 Å². The molecular formula is C13H7Cl5N2S. The minimum absolute atomic E-state index is 0.305. The molecular weight excluding hydrogens is 393 g/mol. The molecule has 2 N–H and O–H groups in total. The maximum absolute atomic E-state index is 6.06. The van der Waals surface area contributed by atoms with E-state index in [1.807, 2.05) is 0 Å². The van der Waals surface area contributed by atoms with Crippen molar-refractivity contribution in [1.29, 1.82) is 0 Å². The van der Waals surface area contributed by atoms with Crippen LogP contribution < -0.4 is 10.6 Å². The fraction of sp³-hybridized carbons (Fsp3) is 0. The van der Waals surface area contributed by atoms with Crippen LogP contribution in [0.2, 0.25) is 25.1 Å². The normalized spacial score (nSPS) is 10.3. The van der Waals surface area contributed by atoms with Crippen LogP contribution >= 0.6 is 70.2 Å². The van der Waals surface area contributed by atoms with E-state index in [1.54, 1.807) is 24.3 Å². The zero-order valence-corrected chi connectivity index (χ0v) is 14.8. The van der Waals surface area contributed by atoms with Crippen LogP contribution in [0.25, 0.3) is 0 Å². The molecule has 110 valence electrons. The Balaban J connectivity index is 2.13. The number of thiocarbonyl (C=S) groups is 1. The molecule has 0 aliphatic rings. The summed E-state index contributed by atoms with van der Waals surface area (Å²) in [5, 5.41) is 8.30. The summed E-state index contributed by atoms with van der Waals surface area (Å²) >= 11 is 35.0. The molecule has 0 saturated carbocycles. The van der Waals surface area contributed by atoms with E-state index in [4.69, 9.17) is 70.2 Å². The van der Waals surface area contributed by atoms with Crippen molar-refractivity contribution >= 4 is 86.7 Å². The van der Waals surface area contributed by atoms with Gasteiger partial charge >= 0.3 is 0 Å². The molecule has 0 unspecified atom stereocenters. The second kappa shape index (κ2) is 7.23. The highest BCUT2D eigenvalue weighted by molar-refractivity contribution is 7.80. The lowest BCUT2D eigenvalue weighted by molar-refractivity contribution is 1.59. The molecule has 0 radical (unpaired) electrons. The summed E-state index contributed by atoms with van der Waals surface area (Å²) in [5.74, 6) is 0. The van der Waals surface area contributed by atoms with Gasteiger partial charge in [-0.15, -0.1) is 0 Å². The van der Waals surface area contributed by atoms with Gasteiger partial charge in [0.05, 0.1) is 31.5 Å². The van der Waals surface area contributed by atoms with Gasteiger partial charge in [0.1, 0.15) is 0 Å². The highest BCUT2D eigenvalue weighted by Crippen LogP contribution is 2.32. The number of hydrogen-bond donors (Lipinski definition) is 2. The number of anilines is 2. The van der Waals surface area contributed by atoms with Crippen LogP contribution in [-0.2, 0) is 0 Å². The van der Waals surface area contributed by atoms with Crippen molar-refractivity contribution in [3.63, 3.8) is 0 Å². The van der Waals surface area contributed by atoms with Crippen LogP contribution in [0.1, 0.15) is 0 Å². The van der Waals surface area contributed by atoms with Crippen molar-refractivity contribution in [1.82, 2.24) is 0 Å². The smallest absolute Gasteiger partial charge is 0.175 e. The first-order chi connectivity index (χ1) is 9.86. The Bertz CT molecular complexity index is 705. The Kier molecular flexibility index (Phi) is 5.83. The third kappa shape index (κ3) is 4.52. The molecule has 2 aromatic rings. The first kappa shape index (κ1) is 16.9. The van der Waals surface area contributed by atoms with Crippen molar-refractivity contribution in [2.24, 2.45) is 0 Å². The molecule has 0 saturated heterocycles. The minimum Gasteiger partial charge on any atom is -0.331 e. The van der Waals surface area contributed by atoms with Crippen LogP contribution in [0.4, 0.5) is 11.4 Å². The third-order valence-electron chi connectivity index (χ3n) is 2.44. The third-order valence-corrected chi connectivity index (χ3v) is 4.22. The van der Waals surface area contributed by atoms with E-state index in [9.17, 15) is 0 Å². The molecule has 0 aromatic heterocycles. The van der Waals surface area contributed by atoms with Crippen molar-refractivity contribution in [2.75, 3.05) is 10.6 Å². The Morgan fingerprint density at radius 2 is 1.29 bits per heavy atom. The van der Waals surface area contributed by atoms with E-state index < -0.39 is 0 Å². The van der Waals surface area contributed by atoms with Crippen LogP contribution in [-0.4, -0.2) is 5.11 Å². The molecule has 8 heteroatoms. The molecule has 0 fully saturated rings. The van der Waals surface area contributed by atoms with Gasteiger partial charge in [-0.05, 0) is 42.5 Å². The SMILES string of the molecule is S=C(Nc1ccc(Cl)cc1Cl)Nc1cc(Cl)c(Cl)cc1Cl. The van der Waals surface area contributed by atoms with Crippen LogP contribution in [0.15, 0.2) is 30.3 Å². The second-order valence-corrected chi connectivity index (χ2v) is 6.42. The number of halogens is 5. The van der Waals surface area contributed by atoms with E-state index in [0.29, 0.717) is 41.6 Å². The van der Waals surface area contributed by atoms with Gasteiger partial charge in [0.2, 0.25) is 0 Å². The summed E-state index contributed by atoms with van der Waals surface area (Å²) in [6.07, 6.45) is 0. The van der Waals surface area contributed by atoms with Gasteiger partial charge in [-0.1, -0.05) is 58.0 Å². The zero-order chi connectivity index (χ0) is 15.6. The van der Waals surface area contributed by atoms with Crippen LogP contribution in [0, 0.1) is 0 Å². The molecule has 0 amide bonds. The van der Waals surface area contributed by atoms with Crippen molar-refractivity contribution < 1.29 is 0 Å². The average Bonchev–Trinajstić information content (AvgIpc) is 2.39. The lowest BCUT2D eigenvalue weighted by Gasteiger charge is -2.13. The summed E-state index contributed by atoms with van der Waals surface area (Å²) in [6, 6.07) is 8.15. The summed E-state index contributed by atoms with van der Waals surface area (Å²) in [5.41, 5.74) is 1.16. The van der Waals surface area contributed by atoms with Gasteiger partial charge in [-0.25, -0.2) is 0 Å². The van der Waals surface area contributed by atoms with Gasteiger partial charge in [-0.2, -0.15) is 0 Å². The molecule has 0 aliphatic carbocycles. The van der Waals surface area contributed by atoms with Gasteiger partial charge in [-0.3, -0.25) is 0 Å². The van der Waals surface area contributed by atoms with E-state index in [2.05, 4.69) is 10.6 Å². The predicted molar refractivity (Wildman–Crippen MR) is 97.8 cm³/mol. The monoisotopic (exact) mass is 398 g/mol. The molecule has 0 spiro atoms. The van der Waals surface area contributed by atoms with Crippen LogP contribution in [0.5, 0.6) is 0 Å².